The van der Waals surface area contributed by atoms with Gasteiger partial charge in [0.05, 0.1) is 0 Å². The SMILES string of the molecule is CCc1cc(N2CCC(Oc3ccnc(C(N)=O)c3)CC2)nc(-c2ccncc2)n1. The molecule has 1 amide bonds. The fraction of sp³-hybridized carbons (Fsp3) is 0.318. The number of ether oxygens (including phenoxy) is 1. The van der Waals surface area contributed by atoms with Crippen LogP contribution < -0.4 is 15.4 Å². The molecule has 154 valence electrons. The van der Waals surface area contributed by atoms with Gasteiger partial charge in [-0.15, -0.1) is 0 Å². The highest BCUT2D eigenvalue weighted by atomic mass is 16.5. The third-order valence-electron chi connectivity index (χ3n) is 5.12. The Hall–Kier alpha value is -3.55. The van der Waals surface area contributed by atoms with E-state index in [1.165, 1.54) is 0 Å². The fourth-order valence-electron chi connectivity index (χ4n) is 3.47. The minimum atomic E-state index is -0.559. The number of carbonyl (C=O) groups is 1. The highest BCUT2D eigenvalue weighted by molar-refractivity contribution is 5.91. The predicted octanol–water partition coefficient (Wildman–Crippen LogP) is 2.64. The highest BCUT2D eigenvalue weighted by Gasteiger charge is 2.23. The molecule has 8 nitrogen and oxygen atoms in total. The summed E-state index contributed by atoms with van der Waals surface area (Å²) >= 11 is 0. The first-order valence-corrected chi connectivity index (χ1v) is 10.1. The highest BCUT2D eigenvalue weighted by Crippen LogP contribution is 2.25. The lowest BCUT2D eigenvalue weighted by Gasteiger charge is -2.33. The first-order chi connectivity index (χ1) is 14.6. The Morgan fingerprint density at radius 2 is 1.90 bits per heavy atom. The monoisotopic (exact) mass is 404 g/mol. The molecule has 0 spiro atoms. The van der Waals surface area contributed by atoms with Gasteiger partial charge in [-0.2, -0.15) is 0 Å². The molecular formula is C22H24N6O2. The van der Waals surface area contributed by atoms with Crippen LogP contribution in [0.3, 0.4) is 0 Å². The van der Waals surface area contributed by atoms with Crippen LogP contribution in [0.2, 0.25) is 0 Å². The first-order valence-electron chi connectivity index (χ1n) is 10.1. The zero-order valence-electron chi connectivity index (χ0n) is 16.9. The summed E-state index contributed by atoms with van der Waals surface area (Å²) in [6, 6.07) is 9.25. The Morgan fingerprint density at radius 3 is 2.60 bits per heavy atom. The Bertz CT molecular complexity index is 1020. The van der Waals surface area contributed by atoms with Gasteiger partial charge in [0.15, 0.2) is 5.82 Å². The minimum Gasteiger partial charge on any atom is -0.490 e. The van der Waals surface area contributed by atoms with Crippen LogP contribution in [-0.4, -0.2) is 45.0 Å². The number of pyridine rings is 2. The molecule has 0 aromatic carbocycles. The van der Waals surface area contributed by atoms with Crippen molar-refractivity contribution in [3.63, 3.8) is 0 Å². The van der Waals surface area contributed by atoms with Crippen LogP contribution in [0.15, 0.2) is 48.9 Å². The molecule has 0 unspecified atom stereocenters. The standard InChI is InChI=1S/C22H24N6O2/c1-2-16-13-20(27-22(26-16)15-3-8-24-9-4-15)28-11-6-17(7-12-28)30-18-5-10-25-19(14-18)21(23)29/h3-5,8-10,13-14,17H,2,6-7,11-12H2,1H3,(H2,23,29). The molecule has 1 fully saturated rings. The molecular weight excluding hydrogens is 380 g/mol. The summed E-state index contributed by atoms with van der Waals surface area (Å²) in [5.74, 6) is 1.72. The molecule has 2 N–H and O–H groups in total. The van der Waals surface area contributed by atoms with E-state index < -0.39 is 5.91 Å². The van der Waals surface area contributed by atoms with E-state index >= 15 is 0 Å². The van der Waals surface area contributed by atoms with Crippen molar-refractivity contribution in [1.29, 1.82) is 0 Å². The van der Waals surface area contributed by atoms with Gasteiger partial charge in [0.1, 0.15) is 23.4 Å². The minimum absolute atomic E-state index is 0.0662. The summed E-state index contributed by atoms with van der Waals surface area (Å²) in [4.78, 5) is 31.1. The normalized spacial score (nSPS) is 14.5. The Kier molecular flexibility index (Phi) is 5.83. The lowest BCUT2D eigenvalue weighted by atomic mass is 10.1. The largest absolute Gasteiger partial charge is 0.490 e. The van der Waals surface area contributed by atoms with Gasteiger partial charge >= 0.3 is 0 Å². The molecule has 30 heavy (non-hydrogen) atoms. The van der Waals surface area contributed by atoms with Crippen LogP contribution in [0.1, 0.15) is 35.9 Å². The Balaban J connectivity index is 1.45. The molecule has 4 heterocycles. The molecule has 8 heteroatoms. The van der Waals surface area contributed by atoms with Gasteiger partial charge in [-0.3, -0.25) is 14.8 Å². The second kappa shape index (κ2) is 8.86. The molecule has 4 rings (SSSR count). The molecule has 0 bridgehead atoms. The number of anilines is 1. The van der Waals surface area contributed by atoms with Crippen molar-refractivity contribution < 1.29 is 9.53 Å². The van der Waals surface area contributed by atoms with Crippen molar-refractivity contribution in [1.82, 2.24) is 19.9 Å². The van der Waals surface area contributed by atoms with Crippen molar-refractivity contribution in [2.75, 3.05) is 18.0 Å². The number of aromatic nitrogens is 4. The van der Waals surface area contributed by atoms with Gasteiger partial charge in [-0.25, -0.2) is 9.97 Å². The van der Waals surface area contributed by atoms with Crippen LogP contribution in [0, 0.1) is 0 Å². The Morgan fingerprint density at radius 1 is 1.13 bits per heavy atom. The van der Waals surface area contributed by atoms with Crippen LogP contribution >= 0.6 is 0 Å². The van der Waals surface area contributed by atoms with E-state index in [1.54, 1.807) is 30.7 Å². The lowest BCUT2D eigenvalue weighted by molar-refractivity contribution is 0.0994. The van der Waals surface area contributed by atoms with Gasteiger partial charge in [0.25, 0.3) is 5.91 Å². The van der Waals surface area contributed by atoms with Gasteiger partial charge in [0, 0.05) is 67.9 Å². The van der Waals surface area contributed by atoms with Crippen molar-refractivity contribution in [2.45, 2.75) is 32.3 Å². The third-order valence-corrected chi connectivity index (χ3v) is 5.12. The molecule has 0 radical (unpaired) electrons. The van der Waals surface area contributed by atoms with Crippen molar-refractivity contribution in [2.24, 2.45) is 5.73 Å². The Labute approximate surface area is 175 Å². The molecule has 1 aliphatic heterocycles. The summed E-state index contributed by atoms with van der Waals surface area (Å²) in [7, 11) is 0. The zero-order chi connectivity index (χ0) is 20.9. The van der Waals surface area contributed by atoms with Gasteiger partial charge < -0.3 is 15.4 Å². The first kappa shape index (κ1) is 19.8. The fourth-order valence-corrected chi connectivity index (χ4v) is 3.47. The predicted molar refractivity (Wildman–Crippen MR) is 113 cm³/mol. The molecule has 0 saturated carbocycles. The number of primary amides is 1. The maximum Gasteiger partial charge on any atom is 0.267 e. The van der Waals surface area contributed by atoms with Crippen molar-refractivity contribution >= 4 is 11.7 Å². The van der Waals surface area contributed by atoms with E-state index in [2.05, 4.69) is 32.8 Å². The number of aryl methyl sites for hydroxylation is 1. The topological polar surface area (TPSA) is 107 Å². The van der Waals surface area contributed by atoms with Crippen molar-refractivity contribution in [3.8, 4) is 17.1 Å². The second-order valence-electron chi connectivity index (χ2n) is 7.18. The summed E-state index contributed by atoms with van der Waals surface area (Å²) < 4.78 is 6.05. The van der Waals surface area contributed by atoms with E-state index in [0.717, 1.165) is 55.3 Å². The maximum absolute atomic E-state index is 11.3. The van der Waals surface area contributed by atoms with E-state index in [0.29, 0.717) is 5.75 Å². The maximum atomic E-state index is 11.3. The lowest BCUT2D eigenvalue weighted by Crippen LogP contribution is -2.38. The number of piperidine rings is 1. The van der Waals surface area contributed by atoms with E-state index in [1.807, 2.05) is 12.1 Å². The number of rotatable bonds is 6. The molecule has 0 aliphatic carbocycles. The van der Waals surface area contributed by atoms with Gasteiger partial charge in [0.2, 0.25) is 0 Å². The zero-order valence-corrected chi connectivity index (χ0v) is 16.9. The number of nitrogens with two attached hydrogens (primary N) is 1. The summed E-state index contributed by atoms with van der Waals surface area (Å²) in [5.41, 5.74) is 7.48. The van der Waals surface area contributed by atoms with E-state index in [-0.39, 0.29) is 11.8 Å². The molecule has 1 aliphatic rings. The van der Waals surface area contributed by atoms with Crippen molar-refractivity contribution in [3.05, 3.63) is 60.3 Å². The average Bonchev–Trinajstić information content (AvgIpc) is 2.80. The van der Waals surface area contributed by atoms with Crippen LogP contribution in [0.5, 0.6) is 5.75 Å². The molecule has 3 aromatic rings. The van der Waals surface area contributed by atoms with Crippen LogP contribution in [-0.2, 0) is 6.42 Å². The average molecular weight is 404 g/mol. The number of nitrogens with zero attached hydrogens (tertiary/aromatic N) is 5. The van der Waals surface area contributed by atoms with E-state index in [9.17, 15) is 4.79 Å². The summed E-state index contributed by atoms with van der Waals surface area (Å²) in [6.07, 6.45) is 7.66. The third kappa shape index (κ3) is 4.53. The number of carbonyl (C=O) groups excluding carboxylic acids is 1. The smallest absolute Gasteiger partial charge is 0.267 e. The van der Waals surface area contributed by atoms with Crippen LogP contribution in [0.4, 0.5) is 5.82 Å². The second-order valence-corrected chi connectivity index (χ2v) is 7.18. The summed E-state index contributed by atoms with van der Waals surface area (Å²) in [5, 5.41) is 0. The quantitative estimate of drug-likeness (QED) is 0.673. The molecule has 3 aromatic heterocycles. The molecule has 1 saturated heterocycles. The summed E-state index contributed by atoms with van der Waals surface area (Å²) in [6.45, 7) is 3.75. The van der Waals surface area contributed by atoms with E-state index in [4.69, 9.17) is 15.5 Å². The number of amides is 1. The van der Waals surface area contributed by atoms with Gasteiger partial charge in [-0.1, -0.05) is 6.92 Å². The number of hydrogen-bond acceptors (Lipinski definition) is 7. The number of hydrogen-bond donors (Lipinski definition) is 1. The van der Waals surface area contributed by atoms with Gasteiger partial charge in [-0.05, 0) is 24.6 Å². The van der Waals surface area contributed by atoms with Crippen LogP contribution in [0.25, 0.3) is 11.4 Å². The molecule has 0 atom stereocenters.